The van der Waals surface area contributed by atoms with Gasteiger partial charge in [0, 0.05) is 25.7 Å². The summed E-state index contributed by atoms with van der Waals surface area (Å²) in [6.45, 7) is 1.23. The van der Waals surface area contributed by atoms with E-state index in [-0.39, 0.29) is 37.5 Å². The van der Waals surface area contributed by atoms with E-state index in [1.165, 1.54) is 4.90 Å². The molecule has 0 aromatic rings. The molecule has 0 atom stereocenters. The lowest BCUT2D eigenvalue weighted by Gasteiger charge is -2.32. The number of rotatable bonds is 4. The van der Waals surface area contributed by atoms with E-state index in [4.69, 9.17) is 5.11 Å². The monoisotopic (exact) mass is 255 g/mol. The Bertz CT molecular complexity index is 367. The van der Waals surface area contributed by atoms with E-state index in [0.717, 1.165) is 12.8 Å². The van der Waals surface area contributed by atoms with Gasteiger partial charge in [-0.3, -0.25) is 9.59 Å². The maximum Gasteiger partial charge on any atom is 0.320 e. The first kappa shape index (κ1) is 12.7. The van der Waals surface area contributed by atoms with Crippen molar-refractivity contribution in [3.8, 4) is 0 Å². The van der Waals surface area contributed by atoms with Crippen molar-refractivity contribution >= 4 is 17.9 Å². The number of amides is 3. The van der Waals surface area contributed by atoms with Crippen LogP contribution in [-0.4, -0.2) is 65.0 Å². The molecule has 7 heteroatoms. The molecule has 0 spiro atoms. The van der Waals surface area contributed by atoms with Gasteiger partial charge in [-0.05, 0) is 12.8 Å². The molecule has 1 heterocycles. The number of nitrogens with one attached hydrogen (secondary N) is 1. The molecule has 0 bridgehead atoms. The molecule has 0 aromatic carbocycles. The fraction of sp³-hybridized carbons (Fsp3) is 0.727. The van der Waals surface area contributed by atoms with E-state index in [1.807, 2.05) is 0 Å². The van der Waals surface area contributed by atoms with Crippen LogP contribution in [0.15, 0.2) is 0 Å². The molecule has 1 saturated carbocycles. The minimum Gasteiger partial charge on any atom is -0.481 e. The third kappa shape index (κ3) is 3.12. The Hall–Kier alpha value is -1.79. The van der Waals surface area contributed by atoms with Crippen LogP contribution in [0.25, 0.3) is 0 Å². The number of hydrogen-bond donors (Lipinski definition) is 2. The first-order chi connectivity index (χ1) is 8.58. The summed E-state index contributed by atoms with van der Waals surface area (Å²) in [5.41, 5.74) is 0. The van der Waals surface area contributed by atoms with Crippen LogP contribution in [-0.2, 0) is 9.59 Å². The highest BCUT2D eigenvalue weighted by Crippen LogP contribution is 2.28. The Morgan fingerprint density at radius 2 is 2.17 bits per heavy atom. The van der Waals surface area contributed by atoms with Crippen molar-refractivity contribution in [2.24, 2.45) is 0 Å². The van der Waals surface area contributed by atoms with Gasteiger partial charge in [-0.15, -0.1) is 0 Å². The number of aliphatic carboxylic acids is 1. The number of carbonyl (C=O) groups is 3. The summed E-state index contributed by atoms with van der Waals surface area (Å²) in [6.07, 6.45) is 1.79. The van der Waals surface area contributed by atoms with Crippen molar-refractivity contribution in [1.29, 1.82) is 0 Å². The van der Waals surface area contributed by atoms with Crippen LogP contribution in [0.4, 0.5) is 4.79 Å². The van der Waals surface area contributed by atoms with Crippen LogP contribution >= 0.6 is 0 Å². The third-order valence-corrected chi connectivity index (χ3v) is 3.11. The van der Waals surface area contributed by atoms with E-state index < -0.39 is 5.97 Å². The minimum atomic E-state index is -0.912. The Morgan fingerprint density at radius 1 is 1.44 bits per heavy atom. The Kier molecular flexibility index (Phi) is 3.69. The number of carbonyl (C=O) groups excluding carboxylic acids is 2. The van der Waals surface area contributed by atoms with Crippen molar-refractivity contribution < 1.29 is 19.5 Å². The molecule has 1 aliphatic carbocycles. The number of nitrogens with zero attached hydrogens (tertiary/aromatic N) is 2. The second kappa shape index (κ2) is 5.24. The maximum atomic E-state index is 12.2. The summed E-state index contributed by atoms with van der Waals surface area (Å²) in [5, 5.41) is 11.3. The smallest absolute Gasteiger partial charge is 0.320 e. The first-order valence-electron chi connectivity index (χ1n) is 6.12. The van der Waals surface area contributed by atoms with Crippen molar-refractivity contribution in [2.45, 2.75) is 25.3 Å². The largest absolute Gasteiger partial charge is 0.481 e. The SMILES string of the molecule is O=C(O)CCN(C(=O)N1CCNC(=O)C1)C1CC1. The summed E-state index contributed by atoms with van der Waals surface area (Å²) in [7, 11) is 0. The molecule has 2 N–H and O–H groups in total. The zero-order valence-electron chi connectivity index (χ0n) is 10.1. The lowest BCUT2D eigenvalue weighted by Crippen LogP contribution is -2.54. The lowest BCUT2D eigenvalue weighted by atomic mass is 10.3. The highest BCUT2D eigenvalue weighted by atomic mass is 16.4. The quantitative estimate of drug-likeness (QED) is 0.707. The molecule has 0 radical (unpaired) electrons. The topological polar surface area (TPSA) is 89.9 Å². The average Bonchev–Trinajstić information content (AvgIpc) is 3.13. The van der Waals surface area contributed by atoms with Gasteiger partial charge in [-0.2, -0.15) is 0 Å². The van der Waals surface area contributed by atoms with Crippen molar-refractivity contribution in [3.63, 3.8) is 0 Å². The molecule has 1 aliphatic heterocycles. The molecule has 18 heavy (non-hydrogen) atoms. The minimum absolute atomic E-state index is 0.0533. The maximum absolute atomic E-state index is 12.2. The molecule has 100 valence electrons. The summed E-state index contributed by atoms with van der Waals surface area (Å²) >= 11 is 0. The van der Waals surface area contributed by atoms with Crippen LogP contribution in [0, 0.1) is 0 Å². The molecule has 0 aromatic heterocycles. The summed E-state index contributed by atoms with van der Waals surface area (Å²) in [6, 6.07) is -0.0598. The van der Waals surface area contributed by atoms with Gasteiger partial charge in [-0.25, -0.2) is 4.79 Å². The average molecular weight is 255 g/mol. The van der Waals surface area contributed by atoms with E-state index in [0.29, 0.717) is 13.1 Å². The summed E-state index contributed by atoms with van der Waals surface area (Å²) in [5.74, 6) is -1.08. The van der Waals surface area contributed by atoms with Gasteiger partial charge in [-0.1, -0.05) is 0 Å². The van der Waals surface area contributed by atoms with Gasteiger partial charge in [0.25, 0.3) is 0 Å². The Morgan fingerprint density at radius 3 is 2.72 bits per heavy atom. The zero-order valence-corrected chi connectivity index (χ0v) is 10.1. The van der Waals surface area contributed by atoms with Crippen molar-refractivity contribution in [1.82, 2.24) is 15.1 Å². The second-order valence-corrected chi connectivity index (χ2v) is 4.62. The van der Waals surface area contributed by atoms with Crippen molar-refractivity contribution in [3.05, 3.63) is 0 Å². The number of carboxylic acid groups (broad SMARTS) is 1. The highest BCUT2D eigenvalue weighted by Gasteiger charge is 2.36. The fourth-order valence-electron chi connectivity index (χ4n) is 2.02. The van der Waals surface area contributed by atoms with Crippen molar-refractivity contribution in [2.75, 3.05) is 26.2 Å². The van der Waals surface area contributed by atoms with E-state index in [2.05, 4.69) is 5.32 Å². The lowest BCUT2D eigenvalue weighted by molar-refractivity contribution is -0.137. The van der Waals surface area contributed by atoms with Gasteiger partial charge in [0.1, 0.15) is 6.54 Å². The molecule has 7 nitrogen and oxygen atoms in total. The van der Waals surface area contributed by atoms with Crippen LogP contribution in [0.5, 0.6) is 0 Å². The number of piperazine rings is 1. The van der Waals surface area contributed by atoms with Gasteiger partial charge in [0.15, 0.2) is 0 Å². The Labute approximate surface area is 105 Å². The van der Waals surface area contributed by atoms with Crippen LogP contribution in [0.1, 0.15) is 19.3 Å². The number of urea groups is 1. The fourth-order valence-corrected chi connectivity index (χ4v) is 2.02. The second-order valence-electron chi connectivity index (χ2n) is 4.62. The normalized spacial score (nSPS) is 19.3. The van der Waals surface area contributed by atoms with Gasteiger partial charge in [0.05, 0.1) is 6.42 Å². The first-order valence-corrected chi connectivity index (χ1v) is 6.12. The van der Waals surface area contributed by atoms with Crippen LogP contribution in [0.2, 0.25) is 0 Å². The summed E-state index contributed by atoms with van der Waals surface area (Å²) in [4.78, 5) is 37.1. The zero-order chi connectivity index (χ0) is 13.1. The van der Waals surface area contributed by atoms with Gasteiger partial charge >= 0.3 is 12.0 Å². The molecular weight excluding hydrogens is 238 g/mol. The molecule has 1 saturated heterocycles. The standard InChI is InChI=1S/C11H17N3O4/c15-9-7-13(6-4-12-9)11(18)14(8-1-2-8)5-3-10(16)17/h8H,1-7H2,(H,12,15)(H,16,17). The predicted molar refractivity (Wildman–Crippen MR) is 62.0 cm³/mol. The third-order valence-electron chi connectivity index (χ3n) is 3.11. The van der Waals surface area contributed by atoms with Crippen LogP contribution < -0.4 is 5.32 Å². The summed E-state index contributed by atoms with van der Waals surface area (Å²) < 4.78 is 0. The predicted octanol–water partition coefficient (Wildman–Crippen LogP) is -0.523. The van der Waals surface area contributed by atoms with Crippen LogP contribution in [0.3, 0.4) is 0 Å². The molecule has 2 fully saturated rings. The number of hydrogen-bond acceptors (Lipinski definition) is 3. The van der Waals surface area contributed by atoms with E-state index in [9.17, 15) is 14.4 Å². The molecule has 0 unspecified atom stereocenters. The highest BCUT2D eigenvalue weighted by molar-refractivity contribution is 5.85. The Balaban J connectivity index is 1.94. The van der Waals surface area contributed by atoms with E-state index >= 15 is 0 Å². The van der Waals surface area contributed by atoms with Gasteiger partial charge in [0.2, 0.25) is 5.91 Å². The number of carboxylic acids is 1. The molecule has 2 rings (SSSR count). The van der Waals surface area contributed by atoms with Gasteiger partial charge < -0.3 is 20.2 Å². The van der Waals surface area contributed by atoms with E-state index in [1.54, 1.807) is 4.90 Å². The molecule has 2 aliphatic rings. The molecule has 3 amide bonds. The molecular formula is C11H17N3O4.